The summed E-state index contributed by atoms with van der Waals surface area (Å²) in [5.74, 6) is -3.50. The maximum atomic E-state index is 14.6. The molecule has 3 aliphatic carbocycles. The van der Waals surface area contributed by atoms with Gasteiger partial charge in [0.25, 0.3) is 5.92 Å². The van der Waals surface area contributed by atoms with E-state index in [0.717, 1.165) is 19.3 Å². The Kier molecular flexibility index (Phi) is 4.01. The molecule has 2 fully saturated rings. The Labute approximate surface area is 153 Å². The molecule has 3 aliphatic rings. The first-order chi connectivity index (χ1) is 12.3. The highest BCUT2D eigenvalue weighted by Crippen LogP contribution is 2.62. The van der Waals surface area contributed by atoms with Crippen LogP contribution in [0.1, 0.15) is 56.1 Å². The Balaban J connectivity index is 1.67. The van der Waals surface area contributed by atoms with Crippen LogP contribution in [0.25, 0.3) is 0 Å². The number of aromatic hydroxyl groups is 1. The molecule has 0 unspecified atom stereocenters. The Morgan fingerprint density at radius 3 is 2.88 bits per heavy atom. The van der Waals surface area contributed by atoms with Crippen LogP contribution in [0.15, 0.2) is 30.9 Å². The van der Waals surface area contributed by atoms with Gasteiger partial charge in [0.2, 0.25) is 0 Å². The fourth-order valence-electron chi connectivity index (χ4n) is 6.09. The number of fused-ring (bicyclic) bond motifs is 5. The van der Waals surface area contributed by atoms with Crippen molar-refractivity contribution in [2.24, 2.45) is 23.2 Å². The van der Waals surface area contributed by atoms with Crippen LogP contribution in [0, 0.1) is 23.2 Å². The van der Waals surface area contributed by atoms with E-state index in [2.05, 4.69) is 6.58 Å². The van der Waals surface area contributed by atoms with Crippen molar-refractivity contribution >= 4 is 5.78 Å². The Hall–Kier alpha value is -1.71. The fourth-order valence-corrected chi connectivity index (χ4v) is 6.09. The Bertz CT molecular complexity index is 757. The zero-order chi connectivity index (χ0) is 18.7. The summed E-state index contributed by atoms with van der Waals surface area (Å²) in [5.41, 5.74) is 1.80. The Morgan fingerprint density at radius 1 is 1.38 bits per heavy atom. The van der Waals surface area contributed by atoms with Gasteiger partial charge < -0.3 is 5.11 Å². The lowest BCUT2D eigenvalue weighted by atomic mass is 9.55. The third-order valence-corrected chi connectivity index (χ3v) is 7.40. The normalized spacial score (nSPS) is 36.2. The third kappa shape index (κ3) is 2.44. The average molecular weight is 360 g/mol. The van der Waals surface area contributed by atoms with E-state index in [1.165, 1.54) is 17.2 Å². The van der Waals surface area contributed by atoms with Gasteiger partial charge in [-0.15, -0.1) is 6.58 Å². The molecule has 4 rings (SSSR count). The van der Waals surface area contributed by atoms with Crippen molar-refractivity contribution in [3.63, 3.8) is 0 Å². The summed E-state index contributed by atoms with van der Waals surface area (Å²) in [5, 5.41) is 9.75. The topological polar surface area (TPSA) is 37.3 Å². The molecule has 2 saturated carbocycles. The molecule has 0 bridgehead atoms. The molecule has 0 aromatic heterocycles. The lowest BCUT2D eigenvalue weighted by Gasteiger charge is -2.48. The van der Waals surface area contributed by atoms with E-state index in [-0.39, 0.29) is 23.4 Å². The number of halogens is 2. The molecule has 0 radical (unpaired) electrons. The van der Waals surface area contributed by atoms with Gasteiger partial charge in [-0.2, -0.15) is 0 Å². The van der Waals surface area contributed by atoms with E-state index in [1.54, 1.807) is 6.07 Å². The number of rotatable bonds is 3. The first-order valence-electron chi connectivity index (χ1n) is 9.63. The van der Waals surface area contributed by atoms with Crippen molar-refractivity contribution in [1.29, 1.82) is 0 Å². The molecule has 2 nitrogen and oxygen atoms in total. The van der Waals surface area contributed by atoms with Crippen LogP contribution in [0.3, 0.4) is 0 Å². The number of carbonyl (C=O) groups excluding carboxylic acids is 1. The number of hydrogen-bond acceptors (Lipinski definition) is 2. The van der Waals surface area contributed by atoms with Crippen molar-refractivity contribution < 1.29 is 18.7 Å². The summed E-state index contributed by atoms with van der Waals surface area (Å²) in [7, 11) is 0. The smallest absolute Gasteiger partial charge is 0.261 e. The van der Waals surface area contributed by atoms with E-state index in [1.807, 2.05) is 19.1 Å². The molecule has 0 saturated heterocycles. The molecule has 0 aliphatic heterocycles. The highest BCUT2D eigenvalue weighted by atomic mass is 19.3. The molecule has 1 N–H and O–H groups in total. The second-order valence-electron chi connectivity index (χ2n) is 8.66. The molecule has 5 atom stereocenters. The van der Waals surface area contributed by atoms with E-state index in [0.29, 0.717) is 18.8 Å². The number of ketones is 1. The number of carbonyl (C=O) groups is 1. The van der Waals surface area contributed by atoms with Crippen LogP contribution >= 0.6 is 0 Å². The Morgan fingerprint density at radius 2 is 2.15 bits per heavy atom. The minimum absolute atomic E-state index is 0.0244. The summed E-state index contributed by atoms with van der Waals surface area (Å²) >= 11 is 0. The van der Waals surface area contributed by atoms with Crippen LogP contribution in [0.5, 0.6) is 5.75 Å². The van der Waals surface area contributed by atoms with Crippen LogP contribution in [0.4, 0.5) is 8.78 Å². The molecule has 26 heavy (non-hydrogen) atoms. The second-order valence-corrected chi connectivity index (χ2v) is 8.66. The molecule has 4 heteroatoms. The van der Waals surface area contributed by atoms with Gasteiger partial charge in [-0.05, 0) is 73.1 Å². The van der Waals surface area contributed by atoms with Gasteiger partial charge in [0.1, 0.15) is 11.5 Å². The van der Waals surface area contributed by atoms with Crippen molar-refractivity contribution in [3.05, 3.63) is 42.0 Å². The molecule has 0 heterocycles. The summed E-state index contributed by atoms with van der Waals surface area (Å²) in [6.07, 6.45) is 4.39. The quantitative estimate of drug-likeness (QED) is 0.747. The number of alkyl halides is 2. The van der Waals surface area contributed by atoms with E-state index < -0.39 is 23.7 Å². The van der Waals surface area contributed by atoms with Crippen LogP contribution in [0.2, 0.25) is 0 Å². The van der Waals surface area contributed by atoms with Gasteiger partial charge in [-0.25, -0.2) is 8.78 Å². The molecular weight excluding hydrogens is 334 g/mol. The largest absolute Gasteiger partial charge is 0.508 e. The minimum Gasteiger partial charge on any atom is -0.508 e. The van der Waals surface area contributed by atoms with Gasteiger partial charge in [0.05, 0.1) is 5.92 Å². The second kappa shape index (κ2) is 5.90. The number of allylic oxidation sites excluding steroid dienone is 1. The lowest BCUT2D eigenvalue weighted by Crippen LogP contribution is -2.43. The lowest BCUT2D eigenvalue weighted by molar-refractivity contribution is -0.141. The standard InChI is InChI=1S/C22H26F2O2/c1-3-9-22(23,24)19-12-18-17-6-4-13-11-14(25)5-7-15(13)16(17)8-10-21(18,2)20(19)26/h3,5,7,11,16-19,25H,1,4,6,8-10,12H2,2H3/t16-,17-,18+,19-,21+/m1/s1. The average Bonchev–Trinajstić information content (AvgIpc) is 2.87. The SMILES string of the molecule is C=CCC(F)(F)[C@@H]1C[C@H]2[C@@H]3CCc4cc(O)ccc4[C@H]3CC[C@]2(C)C1=O. The number of aryl methyl sites for hydroxylation is 1. The monoisotopic (exact) mass is 360 g/mol. The summed E-state index contributed by atoms with van der Waals surface area (Å²) in [6.45, 7) is 5.36. The van der Waals surface area contributed by atoms with E-state index >= 15 is 0 Å². The first kappa shape index (κ1) is 17.7. The highest BCUT2D eigenvalue weighted by molar-refractivity contribution is 5.90. The van der Waals surface area contributed by atoms with Gasteiger partial charge in [0, 0.05) is 11.8 Å². The van der Waals surface area contributed by atoms with Gasteiger partial charge in [-0.3, -0.25) is 4.79 Å². The molecule has 1 aromatic carbocycles. The maximum Gasteiger partial charge on any atom is 0.261 e. The van der Waals surface area contributed by atoms with Crippen molar-refractivity contribution in [3.8, 4) is 5.75 Å². The van der Waals surface area contributed by atoms with Crippen LogP contribution in [-0.4, -0.2) is 16.8 Å². The van der Waals surface area contributed by atoms with Crippen LogP contribution < -0.4 is 0 Å². The van der Waals surface area contributed by atoms with Crippen molar-refractivity contribution in [2.45, 2.75) is 57.3 Å². The maximum absolute atomic E-state index is 14.6. The van der Waals surface area contributed by atoms with E-state index in [4.69, 9.17) is 0 Å². The summed E-state index contributed by atoms with van der Waals surface area (Å²) in [6, 6.07) is 5.54. The zero-order valence-corrected chi connectivity index (χ0v) is 15.2. The highest BCUT2D eigenvalue weighted by Gasteiger charge is 2.62. The first-order valence-corrected chi connectivity index (χ1v) is 9.63. The van der Waals surface area contributed by atoms with E-state index in [9.17, 15) is 18.7 Å². The summed E-state index contributed by atoms with van der Waals surface area (Å²) < 4.78 is 29.2. The van der Waals surface area contributed by atoms with Gasteiger partial charge >= 0.3 is 0 Å². The summed E-state index contributed by atoms with van der Waals surface area (Å²) in [4.78, 5) is 13.0. The number of hydrogen-bond donors (Lipinski definition) is 1. The number of phenols is 1. The van der Waals surface area contributed by atoms with Crippen molar-refractivity contribution in [1.82, 2.24) is 0 Å². The third-order valence-electron chi connectivity index (χ3n) is 7.40. The molecule has 1 aromatic rings. The zero-order valence-electron chi connectivity index (χ0n) is 15.2. The van der Waals surface area contributed by atoms with Gasteiger partial charge in [-0.1, -0.05) is 19.1 Å². The predicted molar refractivity (Wildman–Crippen MR) is 96.4 cm³/mol. The number of phenolic OH excluding ortho intramolecular Hbond substituents is 1. The predicted octanol–water partition coefficient (Wildman–Crippen LogP) is 5.25. The van der Waals surface area contributed by atoms with Crippen molar-refractivity contribution in [2.75, 3.05) is 0 Å². The minimum atomic E-state index is -2.99. The molecule has 0 amide bonds. The van der Waals surface area contributed by atoms with Crippen LogP contribution in [-0.2, 0) is 11.2 Å². The molecule has 0 spiro atoms. The van der Waals surface area contributed by atoms with Gasteiger partial charge in [0.15, 0.2) is 0 Å². The molecular formula is C22H26F2O2. The fraction of sp³-hybridized carbons (Fsp3) is 0.591. The number of benzene rings is 1. The number of Topliss-reactive ketones (excluding diaryl/α,β-unsaturated/α-hetero) is 1. The molecule has 140 valence electrons.